The number of fused-ring (bicyclic) bond motifs is 1. The average molecular weight is 725 g/mol. The van der Waals surface area contributed by atoms with E-state index in [1.165, 1.54) is 17.3 Å². The van der Waals surface area contributed by atoms with E-state index in [-0.39, 0.29) is 33.7 Å². The van der Waals surface area contributed by atoms with Gasteiger partial charge in [-0.05, 0) is 54.3 Å². The van der Waals surface area contributed by atoms with E-state index >= 15 is 8.42 Å². The molecule has 0 bridgehead atoms. The summed E-state index contributed by atoms with van der Waals surface area (Å²) in [5, 5.41) is 4.93. The van der Waals surface area contributed by atoms with Crippen LogP contribution < -0.4 is 9.64 Å². The van der Waals surface area contributed by atoms with Crippen LogP contribution in [0.3, 0.4) is 0 Å². The summed E-state index contributed by atoms with van der Waals surface area (Å²) in [4.78, 5) is 25.1. The van der Waals surface area contributed by atoms with Gasteiger partial charge in [0, 0.05) is 49.7 Å². The Labute approximate surface area is 307 Å². The third-order valence-electron chi connectivity index (χ3n) is 9.13. The van der Waals surface area contributed by atoms with Gasteiger partial charge in [-0.1, -0.05) is 78.9 Å². The van der Waals surface area contributed by atoms with Crippen molar-refractivity contribution in [2.45, 2.75) is 36.9 Å². The van der Waals surface area contributed by atoms with Crippen LogP contribution in [-0.4, -0.2) is 51.3 Å². The van der Waals surface area contributed by atoms with Gasteiger partial charge in [-0.2, -0.15) is 5.10 Å². The number of anilines is 1. The maximum Gasteiger partial charge on any atom is 0.340 e. The summed E-state index contributed by atoms with van der Waals surface area (Å²) in [6.45, 7) is 0.794. The summed E-state index contributed by atoms with van der Waals surface area (Å²) in [7, 11) is -1.24. The second-order valence-electron chi connectivity index (χ2n) is 13.0. The minimum Gasteiger partial charge on any atom is -0.474 e. The van der Waals surface area contributed by atoms with Gasteiger partial charge in [0.25, 0.3) is 10.0 Å². The second-order valence-corrected chi connectivity index (χ2v) is 14.7. The Kier molecular flexibility index (Phi) is 8.97. The van der Waals surface area contributed by atoms with Gasteiger partial charge in [-0.3, -0.25) is 4.68 Å². The number of benzene rings is 3. The van der Waals surface area contributed by atoms with Crippen molar-refractivity contribution in [3.05, 3.63) is 144 Å². The van der Waals surface area contributed by atoms with Crippen molar-refractivity contribution >= 4 is 32.7 Å². The molecule has 3 aromatic carbocycles. The number of carbonyl (C=O) groups excluding carboxylic acids is 1. The largest absolute Gasteiger partial charge is 0.474 e. The molecular formula is C41H36N6O5S. The van der Waals surface area contributed by atoms with E-state index in [0.717, 1.165) is 24.0 Å². The first-order valence-electron chi connectivity index (χ1n) is 17.2. The highest BCUT2D eigenvalue weighted by atomic mass is 32.2. The Morgan fingerprint density at radius 1 is 0.849 bits per heavy atom. The van der Waals surface area contributed by atoms with E-state index in [2.05, 4.69) is 5.10 Å². The number of hydrogen-bond acceptors (Lipinski definition) is 9. The van der Waals surface area contributed by atoms with E-state index in [0.29, 0.717) is 41.1 Å². The van der Waals surface area contributed by atoms with Crippen LogP contribution >= 0.6 is 0 Å². The third-order valence-corrected chi connectivity index (χ3v) is 10.9. The van der Waals surface area contributed by atoms with Crippen molar-refractivity contribution in [1.29, 1.82) is 0 Å². The SMILES string of the molecule is COC(=O)c1cnc(N(Cc2ccccc2)Cc2ccccc2)c2c1cc(-c1cc(-c3ccn(C)n3)cnc1OC1CC1)n2S(=O)(=O)c1ccccc1. The lowest BCUT2D eigenvalue weighted by Crippen LogP contribution is -2.25. The van der Waals surface area contributed by atoms with Crippen molar-refractivity contribution in [1.82, 2.24) is 23.7 Å². The maximum atomic E-state index is 15.2. The second kappa shape index (κ2) is 14.0. The highest BCUT2D eigenvalue weighted by Gasteiger charge is 2.33. The molecule has 12 heteroatoms. The molecule has 0 unspecified atom stereocenters. The first-order chi connectivity index (χ1) is 25.8. The Morgan fingerprint density at radius 3 is 2.08 bits per heavy atom. The fraction of sp³-hybridized carbons (Fsp3) is 0.171. The van der Waals surface area contributed by atoms with Gasteiger partial charge in [-0.25, -0.2) is 27.2 Å². The molecule has 0 aliphatic heterocycles. The van der Waals surface area contributed by atoms with Crippen molar-refractivity contribution in [2.75, 3.05) is 12.0 Å². The zero-order valence-corrected chi connectivity index (χ0v) is 30.0. The summed E-state index contributed by atoms with van der Waals surface area (Å²) >= 11 is 0. The van der Waals surface area contributed by atoms with Crippen molar-refractivity contribution < 1.29 is 22.7 Å². The molecular weight excluding hydrogens is 689 g/mol. The fourth-order valence-electron chi connectivity index (χ4n) is 6.40. The number of carbonyl (C=O) groups is 1. The highest BCUT2D eigenvalue weighted by Crippen LogP contribution is 2.43. The molecule has 0 N–H and O–H groups in total. The van der Waals surface area contributed by atoms with Gasteiger partial charge in [0.05, 0.1) is 34.5 Å². The minimum absolute atomic E-state index is 0.0411. The number of methoxy groups -OCH3 is 1. The van der Waals surface area contributed by atoms with E-state index in [4.69, 9.17) is 19.4 Å². The molecule has 1 aliphatic rings. The zero-order valence-electron chi connectivity index (χ0n) is 29.2. The van der Waals surface area contributed by atoms with Gasteiger partial charge in [0.15, 0.2) is 5.82 Å². The lowest BCUT2D eigenvalue weighted by Gasteiger charge is -2.26. The molecule has 8 rings (SSSR count). The molecule has 0 atom stereocenters. The van der Waals surface area contributed by atoms with Gasteiger partial charge in [-0.15, -0.1) is 0 Å². The molecule has 1 aliphatic carbocycles. The van der Waals surface area contributed by atoms with E-state index in [1.807, 2.05) is 90.9 Å². The topological polar surface area (TPSA) is 121 Å². The van der Waals surface area contributed by atoms with Crippen LogP contribution in [0, 0.1) is 0 Å². The summed E-state index contributed by atoms with van der Waals surface area (Å²) in [5.74, 6) is -0.00832. The van der Waals surface area contributed by atoms with E-state index < -0.39 is 16.0 Å². The number of rotatable bonds is 12. The van der Waals surface area contributed by atoms with Gasteiger partial charge in [0.2, 0.25) is 5.88 Å². The Balaban J connectivity index is 1.46. The maximum absolute atomic E-state index is 15.2. The lowest BCUT2D eigenvalue weighted by atomic mass is 10.1. The molecule has 0 radical (unpaired) electrons. The molecule has 1 saturated carbocycles. The molecule has 0 saturated heterocycles. The van der Waals surface area contributed by atoms with Crippen molar-refractivity contribution in [3.63, 3.8) is 0 Å². The van der Waals surface area contributed by atoms with Crippen LogP contribution in [0.2, 0.25) is 0 Å². The summed E-state index contributed by atoms with van der Waals surface area (Å²) in [6.07, 6.45) is 6.65. The van der Waals surface area contributed by atoms with Crippen LogP contribution in [0.15, 0.2) is 133 Å². The third kappa shape index (κ3) is 6.76. The summed E-state index contributed by atoms with van der Waals surface area (Å²) < 4.78 is 44.9. The first-order valence-corrected chi connectivity index (χ1v) is 18.7. The quantitative estimate of drug-likeness (QED) is 0.120. The predicted octanol–water partition coefficient (Wildman–Crippen LogP) is 7.27. The molecule has 4 heterocycles. The average Bonchev–Trinajstić information content (AvgIpc) is 3.74. The molecule has 7 aromatic rings. The smallest absolute Gasteiger partial charge is 0.340 e. The fourth-order valence-corrected chi connectivity index (χ4v) is 7.94. The Bertz CT molecular complexity index is 2490. The summed E-state index contributed by atoms with van der Waals surface area (Å²) in [6, 6.07) is 33.4. The Hall–Kier alpha value is -6.27. The number of ether oxygens (including phenoxy) is 2. The van der Waals surface area contributed by atoms with Gasteiger partial charge in [0.1, 0.15) is 11.6 Å². The van der Waals surface area contributed by atoms with Crippen LogP contribution in [0.1, 0.15) is 34.3 Å². The normalized spacial score (nSPS) is 12.9. The van der Waals surface area contributed by atoms with E-state index in [9.17, 15) is 4.79 Å². The van der Waals surface area contributed by atoms with E-state index in [1.54, 1.807) is 47.3 Å². The summed E-state index contributed by atoms with van der Waals surface area (Å²) in [5.41, 5.74) is 4.32. The number of hydrogen-bond donors (Lipinski definition) is 0. The number of esters is 1. The Morgan fingerprint density at radius 2 is 1.49 bits per heavy atom. The van der Waals surface area contributed by atoms with Crippen molar-refractivity contribution in [3.8, 4) is 28.4 Å². The molecule has 0 spiro atoms. The number of nitrogens with zero attached hydrogens (tertiary/aromatic N) is 6. The van der Waals surface area contributed by atoms with Crippen molar-refractivity contribution in [2.24, 2.45) is 7.05 Å². The van der Waals surface area contributed by atoms with Gasteiger partial charge >= 0.3 is 5.97 Å². The standard InChI is InChI=1S/C41H36N6O5S/c1-45-21-20-36(44-45)30-22-34(40(43-24-30)52-31-18-19-31)37-23-33-35(41(48)51-2)25-42-39(38(33)47(37)53(49,50)32-16-10-5-11-17-32)46(26-28-12-6-3-7-13-28)27-29-14-8-4-9-15-29/h3-17,20-25,31H,18-19,26-27H2,1-2H3. The van der Waals surface area contributed by atoms with Crippen LogP contribution in [0.4, 0.5) is 5.82 Å². The van der Waals surface area contributed by atoms with Gasteiger partial charge < -0.3 is 14.4 Å². The van der Waals surface area contributed by atoms with Crippen LogP contribution in [-0.2, 0) is 34.9 Å². The van der Waals surface area contributed by atoms with Crippen LogP contribution in [0.5, 0.6) is 5.88 Å². The zero-order chi connectivity index (χ0) is 36.5. The van der Waals surface area contributed by atoms with Crippen LogP contribution in [0.25, 0.3) is 33.4 Å². The predicted molar refractivity (Wildman–Crippen MR) is 202 cm³/mol. The molecule has 53 heavy (non-hydrogen) atoms. The number of pyridine rings is 2. The first kappa shape index (κ1) is 33.9. The number of aromatic nitrogens is 5. The molecule has 1 fully saturated rings. The molecule has 4 aromatic heterocycles. The molecule has 266 valence electrons. The highest BCUT2D eigenvalue weighted by molar-refractivity contribution is 7.90. The monoisotopic (exact) mass is 724 g/mol. The molecule has 0 amide bonds. The number of aryl methyl sites for hydroxylation is 1. The molecule has 11 nitrogen and oxygen atoms in total. The lowest BCUT2D eigenvalue weighted by molar-refractivity contribution is 0.0602. The minimum atomic E-state index is -4.36.